The zero-order valence-corrected chi connectivity index (χ0v) is 7.67. The van der Waals surface area contributed by atoms with Crippen LogP contribution in [0.3, 0.4) is 0 Å². The highest BCUT2D eigenvalue weighted by Gasteiger charge is 2.41. The Hall–Kier alpha value is -1.05. The van der Waals surface area contributed by atoms with Crippen LogP contribution in [0.5, 0.6) is 0 Å². The van der Waals surface area contributed by atoms with Crippen LogP contribution in [-0.2, 0) is 19.0 Å². The summed E-state index contributed by atoms with van der Waals surface area (Å²) in [5.74, 6) is 0. The van der Waals surface area contributed by atoms with Gasteiger partial charge in [-0.05, 0) is 0 Å². The maximum Gasteiger partial charge on any atom is 0.278 e. The molecule has 1 aliphatic rings. The SMILES string of the molecule is CC(C=O)(CC1OCOCO1)[N+](=O)[O-]. The smallest absolute Gasteiger partial charge is 0.278 e. The molecule has 0 amide bonds. The summed E-state index contributed by atoms with van der Waals surface area (Å²) in [7, 11) is 0. The second-order valence-corrected chi connectivity index (χ2v) is 3.14. The van der Waals surface area contributed by atoms with Gasteiger partial charge in [-0.25, -0.2) is 0 Å². The zero-order chi connectivity index (χ0) is 10.6. The van der Waals surface area contributed by atoms with Gasteiger partial charge in [0.05, 0.1) is 6.42 Å². The largest absolute Gasteiger partial charge is 0.329 e. The molecule has 7 nitrogen and oxygen atoms in total. The predicted molar refractivity (Wildman–Crippen MR) is 42.9 cm³/mol. The van der Waals surface area contributed by atoms with Gasteiger partial charge in [0.15, 0.2) is 26.2 Å². The number of hydrogen-bond acceptors (Lipinski definition) is 6. The molecule has 0 spiro atoms. The molecule has 14 heavy (non-hydrogen) atoms. The molecule has 7 heteroatoms. The van der Waals surface area contributed by atoms with E-state index in [1.165, 1.54) is 6.92 Å². The van der Waals surface area contributed by atoms with Crippen LogP contribution in [-0.4, -0.2) is 36.6 Å². The van der Waals surface area contributed by atoms with Crippen LogP contribution in [0, 0.1) is 10.1 Å². The molecule has 0 N–H and O–H groups in total. The summed E-state index contributed by atoms with van der Waals surface area (Å²) in [6.45, 7) is 1.27. The van der Waals surface area contributed by atoms with Crippen LogP contribution >= 0.6 is 0 Å². The van der Waals surface area contributed by atoms with Crippen LogP contribution < -0.4 is 0 Å². The highest BCUT2D eigenvalue weighted by Crippen LogP contribution is 2.18. The van der Waals surface area contributed by atoms with E-state index in [9.17, 15) is 14.9 Å². The molecule has 0 saturated carbocycles. The average molecular weight is 205 g/mol. The molecule has 1 fully saturated rings. The molecule has 0 radical (unpaired) electrons. The first-order chi connectivity index (χ1) is 6.58. The number of carbonyl (C=O) groups is 1. The number of ether oxygens (including phenoxy) is 3. The fourth-order valence-electron chi connectivity index (χ4n) is 0.951. The van der Waals surface area contributed by atoms with Gasteiger partial charge in [-0.3, -0.25) is 14.9 Å². The minimum Gasteiger partial charge on any atom is -0.329 e. The van der Waals surface area contributed by atoms with Crippen LogP contribution in [0.4, 0.5) is 0 Å². The van der Waals surface area contributed by atoms with Crippen LogP contribution in [0.2, 0.25) is 0 Å². The van der Waals surface area contributed by atoms with E-state index in [-0.39, 0.29) is 26.3 Å². The molecule has 0 aliphatic carbocycles. The number of aldehydes is 1. The molecule has 0 aromatic heterocycles. The van der Waals surface area contributed by atoms with Crippen molar-refractivity contribution < 1.29 is 23.9 Å². The summed E-state index contributed by atoms with van der Waals surface area (Å²) in [4.78, 5) is 20.5. The molecule has 0 aromatic carbocycles. The van der Waals surface area contributed by atoms with Crippen molar-refractivity contribution in [1.29, 1.82) is 0 Å². The van der Waals surface area contributed by atoms with Crippen molar-refractivity contribution in [1.82, 2.24) is 0 Å². The van der Waals surface area contributed by atoms with Crippen LogP contribution in [0.25, 0.3) is 0 Å². The van der Waals surface area contributed by atoms with Gasteiger partial charge >= 0.3 is 0 Å². The summed E-state index contributed by atoms with van der Waals surface area (Å²) in [5, 5.41) is 10.6. The third-order valence-corrected chi connectivity index (χ3v) is 1.93. The van der Waals surface area contributed by atoms with Crippen molar-refractivity contribution in [3.8, 4) is 0 Å². The first-order valence-corrected chi connectivity index (χ1v) is 4.00. The van der Waals surface area contributed by atoms with Gasteiger partial charge in [0.1, 0.15) is 0 Å². The highest BCUT2D eigenvalue weighted by molar-refractivity contribution is 5.61. The Morgan fingerprint density at radius 2 is 2.14 bits per heavy atom. The average Bonchev–Trinajstić information content (AvgIpc) is 2.19. The lowest BCUT2D eigenvalue weighted by Crippen LogP contribution is -2.43. The van der Waals surface area contributed by atoms with E-state index in [0.29, 0.717) is 0 Å². The lowest BCUT2D eigenvalue weighted by Gasteiger charge is -2.25. The number of carbonyl (C=O) groups excluding carboxylic acids is 1. The van der Waals surface area contributed by atoms with Crippen LogP contribution in [0.1, 0.15) is 13.3 Å². The maximum atomic E-state index is 10.6. The molecule has 1 saturated heterocycles. The van der Waals surface area contributed by atoms with Gasteiger partial charge in [-0.15, -0.1) is 0 Å². The van der Waals surface area contributed by atoms with Gasteiger partial charge in [0.25, 0.3) is 5.54 Å². The number of rotatable bonds is 4. The number of nitro groups is 1. The predicted octanol–water partition coefficient (Wildman–Crippen LogP) is -0.0847. The summed E-state index contributed by atoms with van der Waals surface area (Å²) < 4.78 is 14.5. The quantitative estimate of drug-likeness (QED) is 0.362. The molecule has 1 aliphatic heterocycles. The van der Waals surface area contributed by atoms with E-state index >= 15 is 0 Å². The van der Waals surface area contributed by atoms with E-state index in [2.05, 4.69) is 0 Å². The molecule has 0 aromatic rings. The standard InChI is InChI=1S/C7H11NO6/c1-7(3-9,8(10)11)2-6-13-4-12-5-14-6/h3,6H,2,4-5H2,1H3. The molecular formula is C7H11NO6. The molecule has 0 bridgehead atoms. The third kappa shape index (κ3) is 2.47. The van der Waals surface area contributed by atoms with E-state index in [0.717, 1.165) is 0 Å². The van der Waals surface area contributed by atoms with Gasteiger partial charge in [-0.1, -0.05) is 0 Å². The topological polar surface area (TPSA) is 87.9 Å². The maximum absolute atomic E-state index is 10.6. The first kappa shape index (κ1) is 11.0. The van der Waals surface area contributed by atoms with Crippen molar-refractivity contribution >= 4 is 6.29 Å². The summed E-state index contributed by atoms with van der Waals surface area (Å²) in [6, 6.07) is 0. The summed E-state index contributed by atoms with van der Waals surface area (Å²) in [6.07, 6.45) is -0.591. The minimum absolute atomic E-state index is 0.0251. The summed E-state index contributed by atoms with van der Waals surface area (Å²) in [5.41, 5.74) is -1.66. The van der Waals surface area contributed by atoms with Gasteiger partial charge in [0, 0.05) is 11.8 Å². The van der Waals surface area contributed by atoms with Crippen molar-refractivity contribution in [2.45, 2.75) is 25.2 Å². The second-order valence-electron chi connectivity index (χ2n) is 3.14. The van der Waals surface area contributed by atoms with Gasteiger partial charge in [0.2, 0.25) is 0 Å². The monoisotopic (exact) mass is 205 g/mol. The Balaban J connectivity index is 2.54. The van der Waals surface area contributed by atoms with E-state index in [4.69, 9.17) is 14.2 Å². The molecule has 80 valence electrons. The van der Waals surface area contributed by atoms with Crippen molar-refractivity contribution in [2.24, 2.45) is 0 Å². The normalized spacial score (nSPS) is 22.6. The van der Waals surface area contributed by atoms with E-state index < -0.39 is 16.8 Å². The number of hydrogen-bond donors (Lipinski definition) is 0. The molecular weight excluding hydrogens is 194 g/mol. The Labute approximate surface area is 80.1 Å². The van der Waals surface area contributed by atoms with Crippen molar-refractivity contribution in [3.63, 3.8) is 0 Å². The third-order valence-electron chi connectivity index (χ3n) is 1.93. The van der Waals surface area contributed by atoms with Gasteiger partial charge < -0.3 is 14.2 Å². The van der Waals surface area contributed by atoms with Crippen LogP contribution in [0.15, 0.2) is 0 Å². The molecule has 1 atom stereocenters. The minimum atomic E-state index is -1.66. The van der Waals surface area contributed by atoms with Crippen molar-refractivity contribution in [2.75, 3.05) is 13.6 Å². The Morgan fingerprint density at radius 3 is 2.57 bits per heavy atom. The Kier molecular flexibility index (Phi) is 3.50. The summed E-state index contributed by atoms with van der Waals surface area (Å²) >= 11 is 0. The fraction of sp³-hybridized carbons (Fsp3) is 0.857. The highest BCUT2D eigenvalue weighted by atomic mass is 16.8. The molecule has 1 heterocycles. The zero-order valence-electron chi connectivity index (χ0n) is 7.67. The second kappa shape index (κ2) is 4.45. The fourth-order valence-corrected chi connectivity index (χ4v) is 0.951. The number of nitrogens with zero attached hydrogens (tertiary/aromatic N) is 1. The molecule has 1 rings (SSSR count). The molecule has 1 unspecified atom stereocenters. The first-order valence-electron chi connectivity index (χ1n) is 4.00. The van der Waals surface area contributed by atoms with Crippen molar-refractivity contribution in [3.05, 3.63) is 10.1 Å². The Morgan fingerprint density at radius 1 is 1.57 bits per heavy atom. The lowest BCUT2D eigenvalue weighted by molar-refractivity contribution is -0.551. The van der Waals surface area contributed by atoms with E-state index in [1.807, 2.05) is 0 Å². The lowest BCUT2D eigenvalue weighted by atomic mass is 10.0. The van der Waals surface area contributed by atoms with E-state index in [1.54, 1.807) is 0 Å². The van der Waals surface area contributed by atoms with Gasteiger partial charge in [-0.2, -0.15) is 0 Å². The Bertz CT molecular complexity index is 226.